The molecule has 0 unspecified atom stereocenters. The lowest BCUT2D eigenvalue weighted by atomic mass is 10.2. The molecule has 0 fully saturated rings. The van der Waals surface area contributed by atoms with E-state index in [1.54, 1.807) is 23.9 Å². The SMILES string of the molecule is Cc1ccc(N)cc1SCc1ccc(OC(F)(F)F)cc1. The number of thioether (sulfide) groups is 1. The van der Waals surface area contributed by atoms with Crippen LogP contribution >= 0.6 is 11.8 Å². The number of ether oxygens (including phenoxy) is 1. The molecule has 0 bridgehead atoms. The minimum atomic E-state index is -4.66. The Morgan fingerprint density at radius 2 is 1.76 bits per heavy atom. The Hall–Kier alpha value is -1.82. The molecule has 0 aliphatic heterocycles. The molecule has 0 saturated heterocycles. The molecule has 0 saturated carbocycles. The molecule has 0 amide bonds. The largest absolute Gasteiger partial charge is 0.573 e. The summed E-state index contributed by atoms with van der Waals surface area (Å²) in [6, 6.07) is 11.5. The van der Waals surface area contributed by atoms with Crippen molar-refractivity contribution in [3.8, 4) is 5.75 Å². The van der Waals surface area contributed by atoms with Crippen molar-refractivity contribution in [2.45, 2.75) is 23.9 Å². The Morgan fingerprint density at radius 1 is 1.10 bits per heavy atom. The van der Waals surface area contributed by atoms with E-state index in [4.69, 9.17) is 5.73 Å². The predicted molar refractivity (Wildman–Crippen MR) is 78.3 cm³/mol. The summed E-state index contributed by atoms with van der Waals surface area (Å²) in [6.45, 7) is 1.99. The fourth-order valence-electron chi connectivity index (χ4n) is 1.72. The van der Waals surface area contributed by atoms with Crippen LogP contribution < -0.4 is 10.5 Å². The molecule has 2 N–H and O–H groups in total. The van der Waals surface area contributed by atoms with Gasteiger partial charge in [0, 0.05) is 16.3 Å². The smallest absolute Gasteiger partial charge is 0.406 e. The van der Waals surface area contributed by atoms with E-state index < -0.39 is 6.36 Å². The molecule has 2 rings (SSSR count). The maximum absolute atomic E-state index is 12.1. The van der Waals surface area contributed by atoms with Crippen LogP contribution in [0.25, 0.3) is 0 Å². The molecule has 21 heavy (non-hydrogen) atoms. The van der Waals surface area contributed by atoms with Crippen LogP contribution in [0.4, 0.5) is 18.9 Å². The van der Waals surface area contributed by atoms with Gasteiger partial charge in [-0.3, -0.25) is 0 Å². The standard InChI is InChI=1S/C15H14F3NOS/c1-10-2-5-12(19)8-14(10)21-9-11-3-6-13(7-4-11)20-15(16,17)18/h2-8H,9,19H2,1H3. The van der Waals surface area contributed by atoms with Crippen LogP contribution in [-0.4, -0.2) is 6.36 Å². The summed E-state index contributed by atoms with van der Waals surface area (Å²) in [7, 11) is 0. The van der Waals surface area contributed by atoms with Crippen molar-refractivity contribution in [2.75, 3.05) is 5.73 Å². The van der Waals surface area contributed by atoms with Crippen LogP contribution in [0.5, 0.6) is 5.75 Å². The summed E-state index contributed by atoms with van der Waals surface area (Å²) in [4.78, 5) is 1.06. The van der Waals surface area contributed by atoms with Crippen LogP contribution in [0.15, 0.2) is 47.4 Å². The summed E-state index contributed by atoms with van der Waals surface area (Å²) in [5.41, 5.74) is 8.46. The third-order valence-corrected chi connectivity index (χ3v) is 3.99. The highest BCUT2D eigenvalue weighted by atomic mass is 32.2. The summed E-state index contributed by atoms with van der Waals surface area (Å²) in [5, 5.41) is 0. The van der Waals surface area contributed by atoms with Gasteiger partial charge in [0.15, 0.2) is 0 Å². The number of anilines is 1. The molecule has 0 heterocycles. The van der Waals surface area contributed by atoms with Crippen molar-refractivity contribution in [3.63, 3.8) is 0 Å². The number of halogens is 3. The van der Waals surface area contributed by atoms with Gasteiger partial charge in [-0.2, -0.15) is 0 Å². The fourth-order valence-corrected chi connectivity index (χ4v) is 2.75. The van der Waals surface area contributed by atoms with E-state index in [0.29, 0.717) is 11.4 Å². The minimum absolute atomic E-state index is 0.212. The Labute approximate surface area is 125 Å². The molecule has 0 spiro atoms. The van der Waals surface area contributed by atoms with E-state index in [1.165, 1.54) is 12.1 Å². The third kappa shape index (κ3) is 4.90. The third-order valence-electron chi connectivity index (χ3n) is 2.76. The molecule has 0 aliphatic rings. The lowest BCUT2D eigenvalue weighted by Gasteiger charge is -2.10. The van der Waals surface area contributed by atoms with Gasteiger partial charge >= 0.3 is 6.36 Å². The molecule has 2 aromatic rings. The van der Waals surface area contributed by atoms with Crippen LogP contribution in [0.1, 0.15) is 11.1 Å². The van der Waals surface area contributed by atoms with Gasteiger partial charge in [-0.25, -0.2) is 0 Å². The van der Waals surface area contributed by atoms with Crippen LogP contribution in [0.3, 0.4) is 0 Å². The predicted octanol–water partition coefficient (Wildman–Crippen LogP) is 4.77. The number of hydrogen-bond donors (Lipinski definition) is 1. The van der Waals surface area contributed by atoms with Crippen LogP contribution in [-0.2, 0) is 5.75 Å². The zero-order valence-corrected chi connectivity index (χ0v) is 12.1. The van der Waals surface area contributed by atoms with Crippen molar-refractivity contribution >= 4 is 17.4 Å². The maximum atomic E-state index is 12.1. The number of rotatable bonds is 4. The number of alkyl halides is 3. The molecular formula is C15H14F3NOS. The second kappa shape index (κ2) is 6.30. The van der Waals surface area contributed by atoms with E-state index in [0.717, 1.165) is 16.0 Å². The molecule has 0 aliphatic carbocycles. The molecular weight excluding hydrogens is 299 g/mol. The van der Waals surface area contributed by atoms with Gasteiger partial charge < -0.3 is 10.5 Å². The summed E-state index contributed by atoms with van der Waals surface area (Å²) in [6.07, 6.45) is -4.66. The second-order valence-electron chi connectivity index (χ2n) is 4.51. The summed E-state index contributed by atoms with van der Waals surface area (Å²) < 4.78 is 40.0. The minimum Gasteiger partial charge on any atom is -0.406 e. The number of benzene rings is 2. The Balaban J connectivity index is 1.99. The number of nitrogens with two attached hydrogens (primary N) is 1. The average molecular weight is 313 g/mol. The molecule has 0 radical (unpaired) electrons. The van der Waals surface area contributed by atoms with Gasteiger partial charge in [0.2, 0.25) is 0 Å². The normalized spacial score (nSPS) is 11.4. The number of nitrogen functional groups attached to an aromatic ring is 1. The van der Waals surface area contributed by atoms with E-state index in [2.05, 4.69) is 4.74 Å². The highest BCUT2D eigenvalue weighted by Crippen LogP contribution is 2.29. The quantitative estimate of drug-likeness (QED) is 0.652. The number of hydrogen-bond acceptors (Lipinski definition) is 3. The maximum Gasteiger partial charge on any atom is 0.573 e. The van der Waals surface area contributed by atoms with Crippen molar-refractivity contribution < 1.29 is 17.9 Å². The zero-order chi connectivity index (χ0) is 15.5. The van der Waals surface area contributed by atoms with Gasteiger partial charge in [-0.15, -0.1) is 24.9 Å². The monoisotopic (exact) mass is 313 g/mol. The highest BCUT2D eigenvalue weighted by molar-refractivity contribution is 7.98. The Kier molecular flexibility index (Phi) is 4.67. The van der Waals surface area contributed by atoms with Gasteiger partial charge in [0.1, 0.15) is 5.75 Å². The van der Waals surface area contributed by atoms with Gasteiger partial charge in [0.25, 0.3) is 0 Å². The lowest BCUT2D eigenvalue weighted by Crippen LogP contribution is -2.16. The van der Waals surface area contributed by atoms with Crippen molar-refractivity contribution in [3.05, 3.63) is 53.6 Å². The second-order valence-corrected chi connectivity index (χ2v) is 5.52. The molecule has 0 atom stereocenters. The van der Waals surface area contributed by atoms with E-state index >= 15 is 0 Å². The van der Waals surface area contributed by atoms with E-state index in [9.17, 15) is 13.2 Å². The summed E-state index contributed by atoms with van der Waals surface area (Å²) >= 11 is 1.59. The van der Waals surface area contributed by atoms with Crippen LogP contribution in [0, 0.1) is 6.92 Å². The van der Waals surface area contributed by atoms with E-state index in [1.807, 2.05) is 25.1 Å². The molecule has 112 valence electrons. The first-order valence-corrected chi connectivity index (χ1v) is 7.16. The van der Waals surface area contributed by atoms with E-state index in [-0.39, 0.29) is 5.75 Å². The molecule has 2 nitrogen and oxygen atoms in total. The Bertz CT molecular complexity index is 611. The van der Waals surface area contributed by atoms with Crippen LogP contribution in [0.2, 0.25) is 0 Å². The fraction of sp³-hybridized carbons (Fsp3) is 0.200. The van der Waals surface area contributed by atoms with Gasteiger partial charge in [0.05, 0.1) is 0 Å². The summed E-state index contributed by atoms with van der Waals surface area (Å²) in [5.74, 6) is 0.438. The topological polar surface area (TPSA) is 35.2 Å². The Morgan fingerprint density at radius 3 is 2.38 bits per heavy atom. The van der Waals surface area contributed by atoms with Crippen molar-refractivity contribution in [1.29, 1.82) is 0 Å². The van der Waals surface area contributed by atoms with Gasteiger partial charge in [-0.05, 0) is 42.3 Å². The first-order chi connectivity index (χ1) is 9.83. The van der Waals surface area contributed by atoms with Gasteiger partial charge in [-0.1, -0.05) is 18.2 Å². The van der Waals surface area contributed by atoms with Crippen molar-refractivity contribution in [2.24, 2.45) is 0 Å². The number of aryl methyl sites for hydroxylation is 1. The lowest BCUT2D eigenvalue weighted by molar-refractivity contribution is -0.274. The first kappa shape index (κ1) is 15.6. The highest BCUT2D eigenvalue weighted by Gasteiger charge is 2.30. The molecule has 6 heteroatoms. The van der Waals surface area contributed by atoms with Crippen molar-refractivity contribution in [1.82, 2.24) is 0 Å². The molecule has 0 aromatic heterocycles. The zero-order valence-electron chi connectivity index (χ0n) is 11.3. The molecule has 2 aromatic carbocycles. The first-order valence-electron chi connectivity index (χ1n) is 6.17. The average Bonchev–Trinajstić information content (AvgIpc) is 2.40.